The minimum Gasteiger partial charge on any atom is -0.336 e. The van der Waals surface area contributed by atoms with Crippen LogP contribution in [-0.4, -0.2) is 47.6 Å². The van der Waals surface area contributed by atoms with E-state index >= 15 is 0 Å². The van der Waals surface area contributed by atoms with Crippen molar-refractivity contribution in [3.05, 3.63) is 42.4 Å². The van der Waals surface area contributed by atoms with E-state index in [0.717, 1.165) is 22.8 Å². The van der Waals surface area contributed by atoms with E-state index in [1.807, 2.05) is 37.3 Å². The zero-order valence-electron chi connectivity index (χ0n) is 17.1. The zero-order chi connectivity index (χ0) is 19.9. The van der Waals surface area contributed by atoms with Gasteiger partial charge in [0.2, 0.25) is 0 Å². The average molecular weight is 382 g/mol. The van der Waals surface area contributed by atoms with Gasteiger partial charge in [-0.3, -0.25) is 0 Å². The van der Waals surface area contributed by atoms with Crippen LogP contribution in [0.5, 0.6) is 0 Å². The molecule has 1 atom stereocenters. The minimum absolute atomic E-state index is 0.168. The summed E-state index contributed by atoms with van der Waals surface area (Å²) in [6.07, 6.45) is 8.20. The number of nitrogens with zero attached hydrogens (tertiary/aromatic N) is 3. The molecule has 3 rings (SSSR count). The van der Waals surface area contributed by atoms with Crippen LogP contribution in [0.1, 0.15) is 37.9 Å². The fraction of sp³-hybridized carbons (Fsp3) is 0.500. The number of hydrogen-bond acceptors (Lipinski definition) is 4. The third kappa shape index (κ3) is 5.52. The van der Waals surface area contributed by atoms with Gasteiger partial charge in [-0.15, -0.1) is 0 Å². The summed E-state index contributed by atoms with van der Waals surface area (Å²) in [5.74, 6) is 1.39. The molecule has 0 aliphatic heterocycles. The summed E-state index contributed by atoms with van der Waals surface area (Å²) < 4.78 is 0. The quantitative estimate of drug-likeness (QED) is 0.791. The molecule has 6 nitrogen and oxygen atoms in total. The van der Waals surface area contributed by atoms with Gasteiger partial charge in [-0.2, -0.15) is 0 Å². The minimum atomic E-state index is -0.168. The SMILES string of the molecule is Cc1nccc(-c2cccc(NC(=O)NCC(C3CCCCC3)N(C)C)c2)n1. The molecule has 150 valence electrons. The van der Waals surface area contributed by atoms with E-state index < -0.39 is 0 Å². The molecule has 28 heavy (non-hydrogen) atoms. The molecule has 1 aliphatic carbocycles. The lowest BCUT2D eigenvalue weighted by Crippen LogP contribution is -2.46. The molecule has 1 fully saturated rings. The van der Waals surface area contributed by atoms with Gasteiger partial charge in [-0.1, -0.05) is 31.4 Å². The number of likely N-dealkylation sites (N-methyl/N-ethyl adjacent to an activating group) is 1. The number of nitrogens with one attached hydrogen (secondary N) is 2. The molecular formula is C22H31N5O. The number of anilines is 1. The number of hydrogen-bond donors (Lipinski definition) is 2. The van der Waals surface area contributed by atoms with Gasteiger partial charge in [-0.25, -0.2) is 14.8 Å². The average Bonchev–Trinajstić information content (AvgIpc) is 2.69. The summed E-state index contributed by atoms with van der Waals surface area (Å²) >= 11 is 0. The second kappa shape index (κ2) is 9.64. The first-order chi connectivity index (χ1) is 13.5. The normalized spacial score (nSPS) is 16.0. The molecule has 0 bridgehead atoms. The highest BCUT2D eigenvalue weighted by Crippen LogP contribution is 2.28. The number of carbonyl (C=O) groups is 1. The van der Waals surface area contributed by atoms with Crippen molar-refractivity contribution in [2.75, 3.05) is 26.0 Å². The van der Waals surface area contributed by atoms with Gasteiger partial charge in [-0.05, 0) is 58.0 Å². The smallest absolute Gasteiger partial charge is 0.319 e. The second-order valence-electron chi connectivity index (χ2n) is 7.83. The number of urea groups is 1. The standard InChI is InChI=1S/C22H31N5O/c1-16-23-13-12-20(25-16)18-10-7-11-19(14-18)26-22(28)24-15-21(27(2)3)17-8-5-4-6-9-17/h7,10-14,17,21H,4-6,8-9,15H2,1-3H3,(H2,24,26,28). The fourth-order valence-corrected chi connectivity index (χ4v) is 4.04. The Morgan fingerprint density at radius 3 is 2.71 bits per heavy atom. The van der Waals surface area contributed by atoms with E-state index in [-0.39, 0.29) is 6.03 Å². The van der Waals surface area contributed by atoms with E-state index in [1.54, 1.807) is 6.20 Å². The van der Waals surface area contributed by atoms with Gasteiger partial charge >= 0.3 is 6.03 Å². The van der Waals surface area contributed by atoms with Crippen molar-refractivity contribution >= 4 is 11.7 Å². The molecule has 6 heteroatoms. The summed E-state index contributed by atoms with van der Waals surface area (Å²) in [4.78, 5) is 23.3. The maximum absolute atomic E-state index is 12.5. The van der Waals surface area contributed by atoms with Crippen LogP contribution in [0.2, 0.25) is 0 Å². The van der Waals surface area contributed by atoms with E-state index in [2.05, 4.69) is 39.6 Å². The molecule has 2 aromatic rings. The monoisotopic (exact) mass is 381 g/mol. The van der Waals surface area contributed by atoms with Crippen LogP contribution in [-0.2, 0) is 0 Å². The number of benzene rings is 1. The van der Waals surface area contributed by atoms with E-state index in [9.17, 15) is 4.79 Å². The first-order valence-electron chi connectivity index (χ1n) is 10.1. The van der Waals surface area contributed by atoms with Gasteiger partial charge in [0.05, 0.1) is 5.69 Å². The van der Waals surface area contributed by atoms with Crippen molar-refractivity contribution in [2.45, 2.75) is 45.1 Å². The number of amides is 2. The molecule has 1 saturated carbocycles. The van der Waals surface area contributed by atoms with Crippen molar-refractivity contribution in [3.63, 3.8) is 0 Å². The maximum atomic E-state index is 12.5. The number of aryl methyl sites for hydroxylation is 1. The highest BCUT2D eigenvalue weighted by atomic mass is 16.2. The van der Waals surface area contributed by atoms with Crippen LogP contribution in [0.25, 0.3) is 11.3 Å². The zero-order valence-corrected chi connectivity index (χ0v) is 17.1. The molecular weight excluding hydrogens is 350 g/mol. The predicted octanol–water partition coefficient (Wildman–Crippen LogP) is 4.08. The number of aromatic nitrogens is 2. The Kier molecular flexibility index (Phi) is 6.98. The van der Waals surface area contributed by atoms with E-state index in [4.69, 9.17) is 0 Å². The lowest BCUT2D eigenvalue weighted by atomic mass is 9.83. The molecule has 1 aromatic carbocycles. The fourth-order valence-electron chi connectivity index (χ4n) is 4.04. The topological polar surface area (TPSA) is 70.2 Å². The Labute approximate surface area is 167 Å². The van der Waals surface area contributed by atoms with Gasteiger partial charge < -0.3 is 15.5 Å². The van der Waals surface area contributed by atoms with Gasteiger partial charge in [0.25, 0.3) is 0 Å². The third-order valence-corrected chi connectivity index (χ3v) is 5.52. The Morgan fingerprint density at radius 2 is 2.00 bits per heavy atom. The van der Waals surface area contributed by atoms with Crippen LogP contribution < -0.4 is 10.6 Å². The van der Waals surface area contributed by atoms with Crippen molar-refractivity contribution in [1.82, 2.24) is 20.2 Å². The van der Waals surface area contributed by atoms with Crippen LogP contribution in [0.15, 0.2) is 36.5 Å². The molecule has 1 aromatic heterocycles. The molecule has 2 N–H and O–H groups in total. The van der Waals surface area contributed by atoms with Crippen molar-refractivity contribution in [3.8, 4) is 11.3 Å². The Hall–Kier alpha value is -2.47. The van der Waals surface area contributed by atoms with Gasteiger partial charge in [0.15, 0.2) is 0 Å². The molecule has 2 amide bonds. The first kappa shape index (κ1) is 20.3. The second-order valence-corrected chi connectivity index (χ2v) is 7.83. The highest BCUT2D eigenvalue weighted by molar-refractivity contribution is 5.90. The lowest BCUT2D eigenvalue weighted by molar-refractivity contribution is 0.167. The Morgan fingerprint density at radius 1 is 1.21 bits per heavy atom. The molecule has 1 aliphatic rings. The molecule has 1 unspecified atom stereocenters. The van der Waals surface area contributed by atoms with Crippen LogP contribution in [0, 0.1) is 12.8 Å². The number of carbonyl (C=O) groups excluding carboxylic acids is 1. The molecule has 0 saturated heterocycles. The maximum Gasteiger partial charge on any atom is 0.319 e. The summed E-state index contributed by atoms with van der Waals surface area (Å²) in [5.41, 5.74) is 2.56. The first-order valence-corrected chi connectivity index (χ1v) is 10.1. The molecule has 0 spiro atoms. The summed E-state index contributed by atoms with van der Waals surface area (Å²) in [5, 5.41) is 6.01. The highest BCUT2D eigenvalue weighted by Gasteiger charge is 2.25. The van der Waals surface area contributed by atoms with Gasteiger partial charge in [0, 0.05) is 30.0 Å². The Balaban J connectivity index is 1.59. The van der Waals surface area contributed by atoms with Crippen LogP contribution in [0.3, 0.4) is 0 Å². The van der Waals surface area contributed by atoms with Crippen LogP contribution >= 0.6 is 0 Å². The summed E-state index contributed by atoms with van der Waals surface area (Å²) in [6, 6.07) is 9.81. The number of rotatable bonds is 6. The summed E-state index contributed by atoms with van der Waals surface area (Å²) in [6.45, 7) is 2.53. The molecule has 0 radical (unpaired) electrons. The largest absolute Gasteiger partial charge is 0.336 e. The predicted molar refractivity (Wildman–Crippen MR) is 113 cm³/mol. The summed E-state index contributed by atoms with van der Waals surface area (Å²) in [7, 11) is 4.21. The van der Waals surface area contributed by atoms with E-state index in [0.29, 0.717) is 18.5 Å². The molecule has 1 heterocycles. The van der Waals surface area contributed by atoms with Crippen molar-refractivity contribution < 1.29 is 4.79 Å². The van der Waals surface area contributed by atoms with Gasteiger partial charge in [0.1, 0.15) is 5.82 Å². The van der Waals surface area contributed by atoms with Crippen molar-refractivity contribution in [2.24, 2.45) is 5.92 Å². The van der Waals surface area contributed by atoms with Crippen molar-refractivity contribution in [1.29, 1.82) is 0 Å². The third-order valence-electron chi connectivity index (χ3n) is 5.52. The lowest BCUT2D eigenvalue weighted by Gasteiger charge is -2.34. The Bertz CT molecular complexity index is 786. The van der Waals surface area contributed by atoms with Crippen LogP contribution in [0.4, 0.5) is 10.5 Å². The van der Waals surface area contributed by atoms with E-state index in [1.165, 1.54) is 32.1 Å².